The van der Waals surface area contributed by atoms with Gasteiger partial charge in [-0.05, 0) is 55.5 Å². The van der Waals surface area contributed by atoms with E-state index in [0.717, 1.165) is 11.3 Å². The number of halogens is 1. The van der Waals surface area contributed by atoms with Crippen molar-refractivity contribution in [2.45, 2.75) is 6.92 Å². The third-order valence-corrected chi connectivity index (χ3v) is 5.02. The van der Waals surface area contributed by atoms with Crippen LogP contribution in [0.2, 0.25) is 0 Å². The van der Waals surface area contributed by atoms with Crippen molar-refractivity contribution in [3.05, 3.63) is 64.9 Å². The van der Waals surface area contributed by atoms with Crippen LogP contribution in [0.4, 0.5) is 4.39 Å². The lowest BCUT2D eigenvalue weighted by atomic mass is 10.2. The zero-order chi connectivity index (χ0) is 19.2. The second kappa shape index (κ2) is 8.64. The second-order valence-electron chi connectivity index (χ2n) is 5.72. The number of aromatic nitrogens is 1. The summed E-state index contributed by atoms with van der Waals surface area (Å²) in [6, 6.07) is 13.3. The zero-order valence-corrected chi connectivity index (χ0v) is 15.8. The van der Waals surface area contributed by atoms with Crippen LogP contribution in [0.15, 0.2) is 48.5 Å². The van der Waals surface area contributed by atoms with Gasteiger partial charge in [0.15, 0.2) is 0 Å². The highest BCUT2D eigenvalue weighted by molar-refractivity contribution is 7.17. The van der Waals surface area contributed by atoms with Gasteiger partial charge in [0, 0.05) is 5.56 Å². The van der Waals surface area contributed by atoms with E-state index in [2.05, 4.69) is 10.3 Å². The van der Waals surface area contributed by atoms with E-state index in [0.29, 0.717) is 34.5 Å². The first-order valence-electron chi connectivity index (χ1n) is 8.35. The van der Waals surface area contributed by atoms with E-state index in [4.69, 9.17) is 9.47 Å². The van der Waals surface area contributed by atoms with Gasteiger partial charge in [0.1, 0.15) is 33.8 Å². The van der Waals surface area contributed by atoms with Crippen molar-refractivity contribution in [2.24, 2.45) is 0 Å². The number of methoxy groups -OCH3 is 1. The molecule has 0 aliphatic rings. The lowest BCUT2D eigenvalue weighted by Crippen LogP contribution is -2.27. The van der Waals surface area contributed by atoms with Crippen LogP contribution in [0.3, 0.4) is 0 Å². The Kier molecular flexibility index (Phi) is 6.03. The molecule has 1 amide bonds. The summed E-state index contributed by atoms with van der Waals surface area (Å²) in [5.41, 5.74) is 1.43. The quantitative estimate of drug-likeness (QED) is 0.622. The normalized spacial score (nSPS) is 10.5. The Balaban J connectivity index is 1.54. The number of nitrogens with one attached hydrogen (secondary N) is 1. The van der Waals surface area contributed by atoms with E-state index >= 15 is 0 Å². The Hall–Kier alpha value is -2.93. The van der Waals surface area contributed by atoms with Gasteiger partial charge in [0.05, 0.1) is 19.3 Å². The topological polar surface area (TPSA) is 60.5 Å². The molecule has 2 aromatic carbocycles. The Labute approximate surface area is 160 Å². The summed E-state index contributed by atoms with van der Waals surface area (Å²) >= 11 is 1.28. The molecule has 140 valence electrons. The number of carbonyl (C=O) groups excluding carboxylic acids is 1. The third-order valence-electron chi connectivity index (χ3n) is 3.81. The van der Waals surface area contributed by atoms with Gasteiger partial charge in [-0.3, -0.25) is 4.79 Å². The highest BCUT2D eigenvalue weighted by Gasteiger charge is 2.16. The third kappa shape index (κ3) is 4.83. The first-order valence-corrected chi connectivity index (χ1v) is 9.17. The number of benzene rings is 2. The van der Waals surface area contributed by atoms with Gasteiger partial charge in [0.25, 0.3) is 5.91 Å². The molecule has 3 aromatic rings. The minimum absolute atomic E-state index is 0.198. The van der Waals surface area contributed by atoms with Gasteiger partial charge in [-0.25, -0.2) is 9.37 Å². The maximum Gasteiger partial charge on any atom is 0.263 e. The minimum atomic E-state index is -0.304. The van der Waals surface area contributed by atoms with Crippen molar-refractivity contribution in [1.29, 1.82) is 0 Å². The summed E-state index contributed by atoms with van der Waals surface area (Å²) in [5.74, 6) is 0.962. The van der Waals surface area contributed by atoms with Crippen molar-refractivity contribution in [2.75, 3.05) is 20.3 Å². The Morgan fingerprint density at radius 1 is 1.11 bits per heavy atom. The van der Waals surface area contributed by atoms with E-state index in [-0.39, 0.29) is 11.7 Å². The number of ether oxygens (including phenoxy) is 2. The molecular weight excluding hydrogens is 367 g/mol. The number of thiazole rings is 1. The lowest BCUT2D eigenvalue weighted by Gasteiger charge is -2.08. The highest BCUT2D eigenvalue weighted by atomic mass is 32.1. The lowest BCUT2D eigenvalue weighted by molar-refractivity contribution is 0.0950. The van der Waals surface area contributed by atoms with Crippen LogP contribution < -0.4 is 14.8 Å². The molecule has 1 heterocycles. The molecule has 0 spiro atoms. The standard InChI is InChI=1S/C20H19FN2O3S/c1-13-18(27-20(23-13)14-3-5-15(21)6-4-14)19(24)22-11-12-26-17-9-7-16(25-2)8-10-17/h3-10H,11-12H2,1-2H3,(H,22,24). The molecule has 0 fully saturated rings. The summed E-state index contributed by atoms with van der Waals surface area (Å²) in [7, 11) is 1.61. The Bertz CT molecular complexity index is 908. The number of carbonyl (C=O) groups is 1. The molecule has 1 N–H and O–H groups in total. The largest absolute Gasteiger partial charge is 0.497 e. The average molecular weight is 386 g/mol. The summed E-state index contributed by atoms with van der Waals surface area (Å²) in [6.07, 6.45) is 0. The number of hydrogen-bond acceptors (Lipinski definition) is 5. The fraction of sp³-hybridized carbons (Fsp3) is 0.200. The molecule has 0 saturated carbocycles. The van der Waals surface area contributed by atoms with Crippen LogP contribution in [-0.2, 0) is 0 Å². The monoisotopic (exact) mass is 386 g/mol. The van der Waals surface area contributed by atoms with Crippen LogP contribution >= 0.6 is 11.3 Å². The molecular formula is C20H19FN2O3S. The number of aryl methyl sites for hydroxylation is 1. The fourth-order valence-electron chi connectivity index (χ4n) is 2.41. The van der Waals surface area contributed by atoms with Crippen LogP contribution in [0, 0.1) is 12.7 Å². The molecule has 3 rings (SSSR count). The summed E-state index contributed by atoms with van der Waals surface area (Å²) in [4.78, 5) is 17.3. The minimum Gasteiger partial charge on any atom is -0.497 e. The number of rotatable bonds is 7. The second-order valence-corrected chi connectivity index (χ2v) is 6.72. The maximum atomic E-state index is 13.0. The molecule has 5 nitrogen and oxygen atoms in total. The number of amides is 1. The van der Waals surface area contributed by atoms with Gasteiger partial charge in [-0.2, -0.15) is 0 Å². The van der Waals surface area contributed by atoms with Gasteiger partial charge in [0.2, 0.25) is 0 Å². The first-order chi connectivity index (χ1) is 13.1. The highest BCUT2D eigenvalue weighted by Crippen LogP contribution is 2.28. The molecule has 0 unspecified atom stereocenters. The SMILES string of the molecule is COc1ccc(OCCNC(=O)c2sc(-c3ccc(F)cc3)nc2C)cc1. The average Bonchev–Trinajstić information content (AvgIpc) is 3.08. The predicted molar refractivity (Wildman–Crippen MR) is 103 cm³/mol. The van der Waals surface area contributed by atoms with Gasteiger partial charge in [-0.1, -0.05) is 0 Å². The van der Waals surface area contributed by atoms with Crippen LogP contribution in [0.25, 0.3) is 10.6 Å². The van der Waals surface area contributed by atoms with Gasteiger partial charge < -0.3 is 14.8 Å². The smallest absolute Gasteiger partial charge is 0.263 e. The molecule has 0 bridgehead atoms. The van der Waals surface area contributed by atoms with Crippen molar-refractivity contribution < 1.29 is 18.7 Å². The molecule has 27 heavy (non-hydrogen) atoms. The van der Waals surface area contributed by atoms with Crippen molar-refractivity contribution >= 4 is 17.2 Å². The Morgan fingerprint density at radius 2 is 1.78 bits per heavy atom. The molecule has 0 radical (unpaired) electrons. The van der Waals surface area contributed by atoms with Gasteiger partial charge >= 0.3 is 0 Å². The van der Waals surface area contributed by atoms with E-state index in [1.165, 1.54) is 23.5 Å². The van der Waals surface area contributed by atoms with Crippen LogP contribution in [0.1, 0.15) is 15.4 Å². The maximum absolute atomic E-state index is 13.0. The molecule has 0 saturated heterocycles. The zero-order valence-electron chi connectivity index (χ0n) is 15.0. The Morgan fingerprint density at radius 3 is 2.44 bits per heavy atom. The van der Waals surface area contributed by atoms with E-state index in [9.17, 15) is 9.18 Å². The van der Waals surface area contributed by atoms with E-state index in [1.807, 2.05) is 24.3 Å². The van der Waals surface area contributed by atoms with Crippen molar-refractivity contribution in [3.8, 4) is 22.1 Å². The van der Waals surface area contributed by atoms with Gasteiger partial charge in [-0.15, -0.1) is 11.3 Å². The summed E-state index contributed by atoms with van der Waals surface area (Å²) in [5, 5.41) is 3.52. The summed E-state index contributed by atoms with van der Waals surface area (Å²) < 4.78 is 23.7. The fourth-order valence-corrected chi connectivity index (χ4v) is 3.40. The van der Waals surface area contributed by atoms with Crippen LogP contribution in [0.5, 0.6) is 11.5 Å². The number of hydrogen-bond donors (Lipinski definition) is 1. The van der Waals surface area contributed by atoms with Crippen molar-refractivity contribution in [1.82, 2.24) is 10.3 Å². The predicted octanol–water partition coefficient (Wildman–Crippen LogP) is 4.08. The van der Waals surface area contributed by atoms with E-state index in [1.54, 1.807) is 26.2 Å². The first kappa shape index (κ1) is 18.8. The molecule has 7 heteroatoms. The van der Waals surface area contributed by atoms with E-state index < -0.39 is 0 Å². The molecule has 0 aliphatic heterocycles. The van der Waals surface area contributed by atoms with Crippen molar-refractivity contribution in [3.63, 3.8) is 0 Å². The molecule has 0 atom stereocenters. The molecule has 0 aliphatic carbocycles. The number of nitrogens with zero attached hydrogens (tertiary/aromatic N) is 1. The molecule has 1 aromatic heterocycles. The summed E-state index contributed by atoms with van der Waals surface area (Å²) in [6.45, 7) is 2.50. The van der Waals surface area contributed by atoms with Crippen LogP contribution in [-0.4, -0.2) is 31.2 Å².